The van der Waals surface area contributed by atoms with E-state index in [1.54, 1.807) is 7.11 Å². The summed E-state index contributed by atoms with van der Waals surface area (Å²) in [6, 6.07) is 9.16. The predicted molar refractivity (Wildman–Crippen MR) is 108 cm³/mol. The molecular formula is C21H34N4O2. The van der Waals surface area contributed by atoms with E-state index in [0.717, 1.165) is 58.0 Å². The maximum absolute atomic E-state index is 12.1. The van der Waals surface area contributed by atoms with Crippen molar-refractivity contribution in [1.29, 1.82) is 0 Å². The minimum atomic E-state index is 0.0914. The lowest BCUT2D eigenvalue weighted by Crippen LogP contribution is -2.46. The first-order chi connectivity index (χ1) is 13.2. The quantitative estimate of drug-likeness (QED) is 0.860. The third kappa shape index (κ3) is 5.59. The molecule has 2 amide bonds. The second kappa shape index (κ2) is 9.95. The van der Waals surface area contributed by atoms with Crippen molar-refractivity contribution in [3.8, 4) is 5.75 Å². The molecule has 0 radical (unpaired) electrons. The summed E-state index contributed by atoms with van der Waals surface area (Å²) in [7, 11) is 1.71. The molecule has 6 nitrogen and oxygen atoms in total. The number of urea groups is 1. The molecule has 1 aromatic carbocycles. The van der Waals surface area contributed by atoms with Gasteiger partial charge in [0.25, 0.3) is 0 Å². The number of benzene rings is 1. The van der Waals surface area contributed by atoms with Gasteiger partial charge in [-0.15, -0.1) is 0 Å². The standard InChI is InChI=1S/C21H34N4O2/c1-3-22-21(26)25-12-4-11-24(15-16-25)19-9-13-23(14-10-19)17-18-5-7-20(27-2)8-6-18/h5-8,19H,3-4,9-17H2,1-2H3,(H,22,26). The number of nitrogens with one attached hydrogen (secondary N) is 1. The predicted octanol–water partition coefficient (Wildman–Crippen LogP) is 2.40. The van der Waals surface area contributed by atoms with Gasteiger partial charge in [0, 0.05) is 45.3 Å². The fourth-order valence-electron chi connectivity index (χ4n) is 4.20. The zero-order chi connectivity index (χ0) is 19.1. The first-order valence-electron chi connectivity index (χ1n) is 10.3. The highest BCUT2D eigenvalue weighted by molar-refractivity contribution is 5.74. The molecule has 150 valence electrons. The van der Waals surface area contributed by atoms with Crippen LogP contribution in [0.2, 0.25) is 0 Å². The molecule has 2 aliphatic heterocycles. The van der Waals surface area contributed by atoms with Gasteiger partial charge in [-0.05, 0) is 57.0 Å². The van der Waals surface area contributed by atoms with Gasteiger partial charge in [0.15, 0.2) is 0 Å². The van der Waals surface area contributed by atoms with Crippen LogP contribution in [0.5, 0.6) is 5.75 Å². The Balaban J connectivity index is 1.44. The SMILES string of the molecule is CCNC(=O)N1CCCN(C2CCN(Cc3ccc(OC)cc3)CC2)CC1. The number of amides is 2. The third-order valence-electron chi connectivity index (χ3n) is 5.78. The maximum Gasteiger partial charge on any atom is 0.317 e. The van der Waals surface area contributed by atoms with Gasteiger partial charge in [0.2, 0.25) is 0 Å². The number of hydrogen-bond acceptors (Lipinski definition) is 4. The van der Waals surface area contributed by atoms with Crippen LogP contribution in [0.1, 0.15) is 31.7 Å². The number of carbonyl (C=O) groups excluding carboxylic acids is 1. The Morgan fingerprint density at radius 1 is 1.07 bits per heavy atom. The van der Waals surface area contributed by atoms with Crippen LogP contribution in [-0.4, -0.2) is 79.7 Å². The summed E-state index contributed by atoms with van der Waals surface area (Å²) in [6.07, 6.45) is 3.51. The molecule has 0 aromatic heterocycles. The van der Waals surface area contributed by atoms with Crippen LogP contribution in [0.4, 0.5) is 4.79 Å². The van der Waals surface area contributed by atoms with Crippen molar-refractivity contribution in [2.75, 3.05) is 52.9 Å². The molecule has 3 rings (SSSR count). The van der Waals surface area contributed by atoms with E-state index in [0.29, 0.717) is 12.6 Å². The average Bonchev–Trinajstić information content (AvgIpc) is 2.96. The van der Waals surface area contributed by atoms with Gasteiger partial charge >= 0.3 is 6.03 Å². The van der Waals surface area contributed by atoms with Gasteiger partial charge in [-0.25, -0.2) is 4.79 Å². The lowest BCUT2D eigenvalue weighted by atomic mass is 10.0. The minimum Gasteiger partial charge on any atom is -0.497 e. The second-order valence-corrected chi connectivity index (χ2v) is 7.57. The maximum atomic E-state index is 12.1. The molecule has 0 bridgehead atoms. The van der Waals surface area contributed by atoms with E-state index in [9.17, 15) is 4.79 Å². The van der Waals surface area contributed by atoms with Gasteiger partial charge in [0.1, 0.15) is 5.75 Å². The van der Waals surface area contributed by atoms with Crippen molar-refractivity contribution in [3.63, 3.8) is 0 Å². The van der Waals surface area contributed by atoms with Gasteiger partial charge in [-0.3, -0.25) is 9.80 Å². The Morgan fingerprint density at radius 2 is 1.81 bits per heavy atom. The summed E-state index contributed by atoms with van der Waals surface area (Å²) in [5.41, 5.74) is 1.35. The molecule has 0 saturated carbocycles. The van der Waals surface area contributed by atoms with E-state index in [2.05, 4.69) is 27.2 Å². The van der Waals surface area contributed by atoms with E-state index >= 15 is 0 Å². The van der Waals surface area contributed by atoms with E-state index in [-0.39, 0.29) is 6.03 Å². The Bertz CT molecular complexity index is 584. The number of likely N-dealkylation sites (tertiary alicyclic amines) is 1. The van der Waals surface area contributed by atoms with Crippen molar-refractivity contribution in [3.05, 3.63) is 29.8 Å². The first-order valence-corrected chi connectivity index (χ1v) is 10.3. The van der Waals surface area contributed by atoms with Crippen LogP contribution < -0.4 is 10.1 Å². The van der Waals surface area contributed by atoms with Crippen LogP contribution in [0.25, 0.3) is 0 Å². The number of nitrogens with zero attached hydrogens (tertiary/aromatic N) is 3. The monoisotopic (exact) mass is 374 g/mol. The van der Waals surface area contributed by atoms with E-state index < -0.39 is 0 Å². The molecule has 1 aromatic rings. The Hall–Kier alpha value is -1.79. The molecule has 2 aliphatic rings. The Labute approximate surface area is 163 Å². The second-order valence-electron chi connectivity index (χ2n) is 7.57. The first kappa shape index (κ1) is 20.0. The number of ether oxygens (including phenoxy) is 1. The molecule has 27 heavy (non-hydrogen) atoms. The topological polar surface area (TPSA) is 48.1 Å². The average molecular weight is 375 g/mol. The highest BCUT2D eigenvalue weighted by Crippen LogP contribution is 2.21. The fourth-order valence-corrected chi connectivity index (χ4v) is 4.20. The molecule has 0 aliphatic carbocycles. The van der Waals surface area contributed by atoms with E-state index in [1.807, 2.05) is 24.0 Å². The number of rotatable bonds is 5. The van der Waals surface area contributed by atoms with Crippen molar-refractivity contribution in [2.24, 2.45) is 0 Å². The fraction of sp³-hybridized carbons (Fsp3) is 0.667. The lowest BCUT2D eigenvalue weighted by Gasteiger charge is -2.38. The molecule has 0 spiro atoms. The third-order valence-corrected chi connectivity index (χ3v) is 5.78. The highest BCUT2D eigenvalue weighted by atomic mass is 16.5. The number of carbonyl (C=O) groups is 1. The van der Waals surface area contributed by atoms with Crippen LogP contribution in [0.3, 0.4) is 0 Å². The molecule has 2 saturated heterocycles. The molecule has 1 N–H and O–H groups in total. The minimum absolute atomic E-state index is 0.0914. The van der Waals surface area contributed by atoms with Gasteiger partial charge < -0.3 is 15.0 Å². The normalized spacial score (nSPS) is 20.3. The Morgan fingerprint density at radius 3 is 2.48 bits per heavy atom. The van der Waals surface area contributed by atoms with Gasteiger partial charge in [0.05, 0.1) is 7.11 Å². The summed E-state index contributed by atoms with van der Waals surface area (Å²) in [5.74, 6) is 0.917. The van der Waals surface area contributed by atoms with Crippen LogP contribution >= 0.6 is 0 Å². The van der Waals surface area contributed by atoms with Crippen molar-refractivity contribution < 1.29 is 9.53 Å². The molecule has 2 heterocycles. The molecule has 0 atom stereocenters. The summed E-state index contributed by atoms with van der Waals surface area (Å²) in [5, 5.41) is 2.93. The summed E-state index contributed by atoms with van der Waals surface area (Å²) < 4.78 is 5.24. The van der Waals surface area contributed by atoms with Gasteiger partial charge in [-0.2, -0.15) is 0 Å². The van der Waals surface area contributed by atoms with Crippen LogP contribution in [0, 0.1) is 0 Å². The van der Waals surface area contributed by atoms with Crippen molar-refractivity contribution in [2.45, 2.75) is 38.8 Å². The zero-order valence-corrected chi connectivity index (χ0v) is 16.8. The molecular weight excluding hydrogens is 340 g/mol. The smallest absolute Gasteiger partial charge is 0.317 e. The van der Waals surface area contributed by atoms with Gasteiger partial charge in [-0.1, -0.05) is 12.1 Å². The van der Waals surface area contributed by atoms with Crippen molar-refractivity contribution >= 4 is 6.03 Å². The van der Waals surface area contributed by atoms with Crippen LogP contribution in [0.15, 0.2) is 24.3 Å². The number of piperidine rings is 1. The largest absolute Gasteiger partial charge is 0.497 e. The van der Waals surface area contributed by atoms with Crippen LogP contribution in [-0.2, 0) is 6.54 Å². The zero-order valence-electron chi connectivity index (χ0n) is 16.8. The molecule has 0 unspecified atom stereocenters. The van der Waals surface area contributed by atoms with E-state index in [4.69, 9.17) is 4.74 Å². The number of hydrogen-bond donors (Lipinski definition) is 1. The molecule has 6 heteroatoms. The summed E-state index contributed by atoms with van der Waals surface area (Å²) in [4.78, 5) is 19.2. The van der Waals surface area contributed by atoms with Crippen molar-refractivity contribution in [1.82, 2.24) is 20.0 Å². The summed E-state index contributed by atoms with van der Waals surface area (Å²) >= 11 is 0. The number of methoxy groups -OCH3 is 1. The lowest BCUT2D eigenvalue weighted by molar-refractivity contribution is 0.107. The van der Waals surface area contributed by atoms with E-state index in [1.165, 1.54) is 18.4 Å². The Kier molecular flexibility index (Phi) is 7.35. The molecule has 2 fully saturated rings. The highest BCUT2D eigenvalue weighted by Gasteiger charge is 2.27. The summed E-state index contributed by atoms with van der Waals surface area (Å²) in [6.45, 7) is 9.81.